The molecule has 0 bridgehead atoms. The fourth-order valence-corrected chi connectivity index (χ4v) is 0.738. The summed E-state index contributed by atoms with van der Waals surface area (Å²) in [4.78, 5) is 0. The van der Waals surface area contributed by atoms with Gasteiger partial charge in [-0.1, -0.05) is 13.8 Å². The standard InChI is InChI=1S/C8H16Cl2O/c1-7(3-9)5-11-6-8(2)4-10/h7-8H,3-6H2,1-2H3/t7-,8-/m0/s1. The first-order chi connectivity index (χ1) is 5.20. The fraction of sp³-hybridized carbons (Fsp3) is 1.00. The summed E-state index contributed by atoms with van der Waals surface area (Å²) in [7, 11) is 0. The van der Waals surface area contributed by atoms with Gasteiger partial charge in [-0.3, -0.25) is 0 Å². The molecule has 0 spiro atoms. The zero-order valence-electron chi connectivity index (χ0n) is 7.15. The Balaban J connectivity index is 3.13. The molecule has 0 rings (SSSR count). The maximum absolute atomic E-state index is 5.60. The Morgan fingerprint density at radius 3 is 1.64 bits per heavy atom. The van der Waals surface area contributed by atoms with Gasteiger partial charge < -0.3 is 4.74 Å². The van der Waals surface area contributed by atoms with E-state index in [1.165, 1.54) is 0 Å². The Labute approximate surface area is 79.0 Å². The van der Waals surface area contributed by atoms with Crippen molar-refractivity contribution in [2.45, 2.75) is 13.8 Å². The summed E-state index contributed by atoms with van der Waals surface area (Å²) < 4.78 is 5.37. The van der Waals surface area contributed by atoms with Gasteiger partial charge in [0.2, 0.25) is 0 Å². The smallest absolute Gasteiger partial charge is 0.0503 e. The zero-order valence-corrected chi connectivity index (χ0v) is 8.66. The monoisotopic (exact) mass is 198 g/mol. The first-order valence-electron chi connectivity index (χ1n) is 3.90. The highest BCUT2D eigenvalue weighted by Crippen LogP contribution is 2.02. The van der Waals surface area contributed by atoms with Crippen molar-refractivity contribution in [3.63, 3.8) is 0 Å². The van der Waals surface area contributed by atoms with Crippen molar-refractivity contribution < 1.29 is 4.74 Å². The summed E-state index contributed by atoms with van der Waals surface area (Å²) in [6.07, 6.45) is 0. The molecule has 0 aromatic rings. The molecule has 0 radical (unpaired) electrons. The van der Waals surface area contributed by atoms with Crippen LogP contribution >= 0.6 is 23.2 Å². The van der Waals surface area contributed by atoms with Gasteiger partial charge in [0, 0.05) is 11.8 Å². The summed E-state index contributed by atoms with van der Waals surface area (Å²) in [5.41, 5.74) is 0. The van der Waals surface area contributed by atoms with Gasteiger partial charge in [0.15, 0.2) is 0 Å². The van der Waals surface area contributed by atoms with Crippen LogP contribution in [0, 0.1) is 11.8 Å². The van der Waals surface area contributed by atoms with Crippen LogP contribution in [0.2, 0.25) is 0 Å². The lowest BCUT2D eigenvalue weighted by molar-refractivity contribution is 0.0902. The van der Waals surface area contributed by atoms with Crippen LogP contribution in [-0.4, -0.2) is 25.0 Å². The predicted octanol–water partition coefficient (Wildman–Crippen LogP) is 2.75. The lowest BCUT2D eigenvalue weighted by Gasteiger charge is -2.11. The van der Waals surface area contributed by atoms with E-state index in [-0.39, 0.29) is 0 Å². The molecule has 0 amide bonds. The van der Waals surface area contributed by atoms with Crippen molar-refractivity contribution in [3.05, 3.63) is 0 Å². The quantitative estimate of drug-likeness (QED) is 0.597. The number of halogens is 2. The molecule has 2 atom stereocenters. The molecular formula is C8H16Cl2O. The average molecular weight is 199 g/mol. The SMILES string of the molecule is C[C@@H](CCl)COC[C@@H](C)CCl. The highest BCUT2D eigenvalue weighted by Gasteiger charge is 2.02. The Morgan fingerprint density at radius 1 is 1.00 bits per heavy atom. The van der Waals surface area contributed by atoms with Crippen LogP contribution in [0.25, 0.3) is 0 Å². The van der Waals surface area contributed by atoms with E-state index in [1.54, 1.807) is 0 Å². The van der Waals surface area contributed by atoms with E-state index < -0.39 is 0 Å². The first-order valence-corrected chi connectivity index (χ1v) is 4.97. The highest BCUT2D eigenvalue weighted by atomic mass is 35.5. The van der Waals surface area contributed by atoms with Gasteiger partial charge in [0.1, 0.15) is 0 Å². The molecule has 0 saturated carbocycles. The van der Waals surface area contributed by atoms with E-state index in [0.717, 1.165) is 13.2 Å². The van der Waals surface area contributed by atoms with Crippen molar-refractivity contribution in [2.24, 2.45) is 11.8 Å². The molecule has 0 aromatic carbocycles. The molecule has 0 unspecified atom stereocenters. The van der Waals surface area contributed by atoms with Crippen molar-refractivity contribution >= 4 is 23.2 Å². The molecule has 1 nitrogen and oxygen atoms in total. The van der Waals surface area contributed by atoms with Crippen LogP contribution in [0.1, 0.15) is 13.8 Å². The summed E-state index contributed by atoms with van der Waals surface area (Å²) in [5, 5.41) is 0. The first kappa shape index (κ1) is 11.5. The van der Waals surface area contributed by atoms with E-state index in [0.29, 0.717) is 23.6 Å². The second-order valence-electron chi connectivity index (χ2n) is 3.06. The highest BCUT2D eigenvalue weighted by molar-refractivity contribution is 6.18. The molecule has 0 saturated heterocycles. The second-order valence-corrected chi connectivity index (χ2v) is 3.67. The van der Waals surface area contributed by atoms with Crippen LogP contribution in [0.3, 0.4) is 0 Å². The van der Waals surface area contributed by atoms with E-state index >= 15 is 0 Å². The summed E-state index contributed by atoms with van der Waals surface area (Å²) in [5.74, 6) is 2.21. The average Bonchev–Trinajstić information content (AvgIpc) is 2.04. The molecule has 3 heteroatoms. The van der Waals surface area contributed by atoms with Gasteiger partial charge >= 0.3 is 0 Å². The molecule has 0 N–H and O–H groups in total. The van der Waals surface area contributed by atoms with Crippen LogP contribution in [0.5, 0.6) is 0 Å². The second kappa shape index (κ2) is 7.20. The Hall–Kier alpha value is 0.540. The lowest BCUT2D eigenvalue weighted by atomic mass is 10.2. The van der Waals surface area contributed by atoms with Crippen molar-refractivity contribution in [2.75, 3.05) is 25.0 Å². The lowest BCUT2D eigenvalue weighted by Crippen LogP contribution is -2.13. The molecule has 0 aliphatic carbocycles. The topological polar surface area (TPSA) is 9.23 Å². The Morgan fingerprint density at radius 2 is 1.36 bits per heavy atom. The van der Waals surface area contributed by atoms with Gasteiger partial charge in [-0.25, -0.2) is 0 Å². The Kier molecular flexibility index (Phi) is 7.56. The zero-order chi connectivity index (χ0) is 8.69. The van der Waals surface area contributed by atoms with Crippen molar-refractivity contribution in [1.29, 1.82) is 0 Å². The van der Waals surface area contributed by atoms with Gasteiger partial charge in [0.25, 0.3) is 0 Å². The number of hydrogen-bond acceptors (Lipinski definition) is 1. The van der Waals surface area contributed by atoms with Gasteiger partial charge in [0.05, 0.1) is 13.2 Å². The molecule has 0 fully saturated rings. The minimum atomic E-state index is 0.444. The largest absolute Gasteiger partial charge is 0.381 e. The maximum Gasteiger partial charge on any atom is 0.0503 e. The third-order valence-corrected chi connectivity index (χ3v) is 2.39. The van der Waals surface area contributed by atoms with Gasteiger partial charge in [-0.05, 0) is 11.8 Å². The summed E-state index contributed by atoms with van der Waals surface area (Å²) >= 11 is 11.2. The number of ether oxygens (including phenoxy) is 1. The third-order valence-electron chi connectivity index (χ3n) is 1.33. The predicted molar refractivity (Wildman–Crippen MR) is 50.6 cm³/mol. The van der Waals surface area contributed by atoms with E-state index in [1.807, 2.05) is 0 Å². The summed E-state index contributed by atoms with van der Waals surface area (Å²) in [6, 6.07) is 0. The third kappa shape index (κ3) is 6.92. The molecule has 0 aromatic heterocycles. The minimum Gasteiger partial charge on any atom is -0.381 e. The molecular weight excluding hydrogens is 183 g/mol. The maximum atomic E-state index is 5.60. The molecule has 0 heterocycles. The normalized spacial score (nSPS) is 16.4. The van der Waals surface area contributed by atoms with Crippen LogP contribution in [0.15, 0.2) is 0 Å². The Bertz CT molecular complexity index is 78.2. The minimum absolute atomic E-state index is 0.444. The molecule has 0 aliphatic rings. The molecule has 11 heavy (non-hydrogen) atoms. The van der Waals surface area contributed by atoms with Gasteiger partial charge in [-0.2, -0.15) is 0 Å². The molecule has 68 valence electrons. The van der Waals surface area contributed by atoms with Crippen LogP contribution in [-0.2, 0) is 4.74 Å². The number of rotatable bonds is 6. The van der Waals surface area contributed by atoms with Gasteiger partial charge in [-0.15, -0.1) is 23.2 Å². The molecule has 0 aliphatic heterocycles. The fourth-order valence-electron chi connectivity index (χ4n) is 0.559. The van der Waals surface area contributed by atoms with E-state index in [4.69, 9.17) is 27.9 Å². The van der Waals surface area contributed by atoms with Crippen molar-refractivity contribution in [3.8, 4) is 0 Å². The summed E-state index contributed by atoms with van der Waals surface area (Å²) in [6.45, 7) is 5.62. The number of alkyl halides is 2. The van der Waals surface area contributed by atoms with E-state index in [2.05, 4.69) is 13.8 Å². The number of hydrogen-bond donors (Lipinski definition) is 0. The van der Waals surface area contributed by atoms with Crippen LogP contribution in [0.4, 0.5) is 0 Å². The van der Waals surface area contributed by atoms with Crippen LogP contribution < -0.4 is 0 Å². The van der Waals surface area contributed by atoms with E-state index in [9.17, 15) is 0 Å². The van der Waals surface area contributed by atoms with Crippen molar-refractivity contribution in [1.82, 2.24) is 0 Å².